The second-order valence-corrected chi connectivity index (χ2v) is 5.81. The quantitative estimate of drug-likeness (QED) is 0.777. The maximum atomic E-state index is 12.4. The number of fused-ring (bicyclic) bond motifs is 1. The molecular formula is C16H18N6O2. The van der Waals surface area contributed by atoms with E-state index in [-0.39, 0.29) is 18.0 Å². The van der Waals surface area contributed by atoms with Crippen molar-refractivity contribution in [3.8, 4) is 0 Å². The molecule has 3 aromatic rings. The molecule has 2 heterocycles. The van der Waals surface area contributed by atoms with E-state index >= 15 is 0 Å². The monoisotopic (exact) mass is 326 g/mol. The molecule has 0 saturated heterocycles. The first kappa shape index (κ1) is 15.9. The minimum Gasteiger partial charge on any atom is -0.324 e. The van der Waals surface area contributed by atoms with Gasteiger partial charge in [0.2, 0.25) is 5.91 Å². The van der Waals surface area contributed by atoms with Crippen LogP contribution in [0.3, 0.4) is 0 Å². The van der Waals surface area contributed by atoms with Crippen LogP contribution in [0.1, 0.15) is 16.8 Å². The molecule has 0 aliphatic heterocycles. The topological polar surface area (TPSA) is 94.7 Å². The Kier molecular flexibility index (Phi) is 3.88. The number of carbonyl (C=O) groups excluding carboxylic acids is 1. The first-order chi connectivity index (χ1) is 11.4. The van der Waals surface area contributed by atoms with Crippen LogP contribution >= 0.6 is 0 Å². The van der Waals surface area contributed by atoms with Gasteiger partial charge in [0.1, 0.15) is 12.1 Å². The third-order valence-corrected chi connectivity index (χ3v) is 4.08. The van der Waals surface area contributed by atoms with Crippen molar-refractivity contribution in [3.63, 3.8) is 0 Å². The molecule has 124 valence electrons. The summed E-state index contributed by atoms with van der Waals surface area (Å²) in [5, 5.41) is 14.7. The average Bonchev–Trinajstić information content (AvgIpc) is 2.82. The molecule has 8 nitrogen and oxygen atoms in total. The van der Waals surface area contributed by atoms with Crippen molar-refractivity contribution in [3.05, 3.63) is 45.4 Å². The van der Waals surface area contributed by atoms with Crippen molar-refractivity contribution in [1.82, 2.24) is 24.8 Å². The minimum atomic E-state index is -0.432. The zero-order valence-corrected chi connectivity index (χ0v) is 14.0. The van der Waals surface area contributed by atoms with Gasteiger partial charge in [0.05, 0.1) is 5.69 Å². The van der Waals surface area contributed by atoms with Crippen molar-refractivity contribution in [2.75, 3.05) is 5.32 Å². The predicted octanol–water partition coefficient (Wildman–Crippen LogP) is 1.09. The molecule has 0 saturated carbocycles. The van der Waals surface area contributed by atoms with Crippen LogP contribution in [-0.4, -0.2) is 30.7 Å². The Labute approximate surface area is 138 Å². The summed E-state index contributed by atoms with van der Waals surface area (Å²) in [5.41, 5.74) is 3.89. The first-order valence-electron chi connectivity index (χ1n) is 7.51. The summed E-state index contributed by atoms with van der Waals surface area (Å²) >= 11 is 0. The lowest BCUT2D eigenvalue weighted by molar-refractivity contribution is -0.117. The van der Waals surface area contributed by atoms with Gasteiger partial charge in [-0.1, -0.05) is 11.3 Å². The van der Waals surface area contributed by atoms with Gasteiger partial charge < -0.3 is 5.32 Å². The SMILES string of the molecule is Cc1ccc(NC(=O)Cn2nnc3c(C)n(C)nc3c2=O)cc1C. The van der Waals surface area contributed by atoms with Crippen LogP contribution in [0.2, 0.25) is 0 Å². The highest BCUT2D eigenvalue weighted by atomic mass is 16.2. The fourth-order valence-electron chi connectivity index (χ4n) is 2.38. The lowest BCUT2D eigenvalue weighted by Crippen LogP contribution is -2.30. The number of nitrogens with one attached hydrogen (secondary N) is 1. The number of carbonyl (C=O) groups is 1. The van der Waals surface area contributed by atoms with Crippen LogP contribution in [-0.2, 0) is 18.4 Å². The summed E-state index contributed by atoms with van der Waals surface area (Å²) in [7, 11) is 1.73. The van der Waals surface area contributed by atoms with E-state index in [0.29, 0.717) is 11.2 Å². The molecule has 0 aliphatic rings. The van der Waals surface area contributed by atoms with E-state index in [1.807, 2.05) is 32.0 Å². The molecule has 1 N–H and O–H groups in total. The Morgan fingerprint density at radius 2 is 1.92 bits per heavy atom. The Morgan fingerprint density at radius 3 is 2.62 bits per heavy atom. The first-order valence-corrected chi connectivity index (χ1v) is 7.51. The van der Waals surface area contributed by atoms with Gasteiger partial charge in [0, 0.05) is 12.7 Å². The van der Waals surface area contributed by atoms with Gasteiger partial charge in [-0.25, -0.2) is 0 Å². The van der Waals surface area contributed by atoms with Crippen molar-refractivity contribution >= 4 is 22.6 Å². The third-order valence-electron chi connectivity index (χ3n) is 4.08. The maximum absolute atomic E-state index is 12.4. The van der Waals surface area contributed by atoms with Gasteiger partial charge in [-0.3, -0.25) is 14.3 Å². The summed E-state index contributed by atoms with van der Waals surface area (Å²) in [5.74, 6) is -0.346. The summed E-state index contributed by atoms with van der Waals surface area (Å²) in [4.78, 5) is 24.6. The summed E-state index contributed by atoms with van der Waals surface area (Å²) in [6.07, 6.45) is 0. The number of rotatable bonds is 3. The van der Waals surface area contributed by atoms with Crippen LogP contribution in [0.5, 0.6) is 0 Å². The van der Waals surface area contributed by atoms with Gasteiger partial charge >= 0.3 is 0 Å². The maximum Gasteiger partial charge on any atom is 0.298 e. The molecule has 0 unspecified atom stereocenters. The van der Waals surface area contributed by atoms with Crippen molar-refractivity contribution in [2.45, 2.75) is 27.3 Å². The molecule has 0 fully saturated rings. The van der Waals surface area contributed by atoms with Gasteiger partial charge in [-0.05, 0) is 44.0 Å². The van der Waals surface area contributed by atoms with E-state index in [4.69, 9.17) is 0 Å². The Bertz CT molecular complexity index is 1000. The fraction of sp³-hybridized carbons (Fsp3) is 0.312. The van der Waals surface area contributed by atoms with Crippen LogP contribution < -0.4 is 10.9 Å². The zero-order chi connectivity index (χ0) is 17.4. The van der Waals surface area contributed by atoms with Crippen molar-refractivity contribution < 1.29 is 4.79 Å². The summed E-state index contributed by atoms with van der Waals surface area (Å²) < 4.78 is 2.59. The standard InChI is InChI=1S/C16H18N6O2/c1-9-5-6-12(7-10(9)2)17-13(23)8-22-16(24)15-14(18-20-22)11(3)21(4)19-15/h5-7H,8H2,1-4H3,(H,17,23). The average molecular weight is 326 g/mol. The lowest BCUT2D eigenvalue weighted by atomic mass is 10.1. The molecule has 24 heavy (non-hydrogen) atoms. The Balaban J connectivity index is 1.84. The van der Waals surface area contributed by atoms with Crippen LogP contribution in [0.4, 0.5) is 5.69 Å². The number of anilines is 1. The number of hydrogen-bond acceptors (Lipinski definition) is 5. The molecule has 8 heteroatoms. The van der Waals surface area contributed by atoms with Crippen LogP contribution in [0, 0.1) is 20.8 Å². The summed E-state index contributed by atoms with van der Waals surface area (Å²) in [6, 6.07) is 5.63. The van der Waals surface area contributed by atoms with Gasteiger partial charge in [0.25, 0.3) is 5.56 Å². The fourth-order valence-corrected chi connectivity index (χ4v) is 2.38. The number of hydrogen-bond donors (Lipinski definition) is 1. The largest absolute Gasteiger partial charge is 0.324 e. The normalized spacial score (nSPS) is 11.0. The second-order valence-electron chi connectivity index (χ2n) is 5.81. The molecule has 0 spiro atoms. The lowest BCUT2D eigenvalue weighted by Gasteiger charge is -2.08. The van der Waals surface area contributed by atoms with E-state index in [1.54, 1.807) is 18.7 Å². The van der Waals surface area contributed by atoms with Gasteiger partial charge in [-0.15, -0.1) is 5.10 Å². The van der Waals surface area contributed by atoms with Crippen LogP contribution in [0.15, 0.2) is 23.0 Å². The smallest absolute Gasteiger partial charge is 0.298 e. The molecule has 0 bridgehead atoms. The number of benzene rings is 1. The van der Waals surface area contributed by atoms with Crippen molar-refractivity contribution in [2.24, 2.45) is 7.05 Å². The molecule has 1 amide bonds. The van der Waals surface area contributed by atoms with E-state index < -0.39 is 5.56 Å². The number of amides is 1. The predicted molar refractivity (Wildman–Crippen MR) is 89.8 cm³/mol. The van der Waals surface area contributed by atoms with Crippen LogP contribution in [0.25, 0.3) is 11.0 Å². The number of nitrogens with zero attached hydrogens (tertiary/aromatic N) is 5. The molecule has 0 radical (unpaired) electrons. The van der Waals surface area contributed by atoms with E-state index in [1.165, 1.54) is 0 Å². The highest BCUT2D eigenvalue weighted by Gasteiger charge is 2.15. The molecule has 3 rings (SSSR count). The van der Waals surface area contributed by atoms with E-state index in [0.717, 1.165) is 21.5 Å². The highest BCUT2D eigenvalue weighted by molar-refractivity contribution is 5.90. The van der Waals surface area contributed by atoms with Gasteiger partial charge in [-0.2, -0.15) is 9.78 Å². The van der Waals surface area contributed by atoms with Crippen molar-refractivity contribution in [1.29, 1.82) is 0 Å². The molecule has 1 aromatic carbocycles. The summed E-state index contributed by atoms with van der Waals surface area (Å²) in [6.45, 7) is 5.56. The molecule has 2 aromatic heterocycles. The zero-order valence-electron chi connectivity index (χ0n) is 14.0. The van der Waals surface area contributed by atoms with E-state index in [9.17, 15) is 9.59 Å². The third kappa shape index (κ3) is 2.78. The highest BCUT2D eigenvalue weighted by Crippen LogP contribution is 2.14. The second kappa shape index (κ2) is 5.88. The number of aromatic nitrogens is 5. The number of aryl methyl sites for hydroxylation is 4. The minimum absolute atomic E-state index is 0.212. The van der Waals surface area contributed by atoms with Gasteiger partial charge in [0.15, 0.2) is 5.52 Å². The molecule has 0 aliphatic carbocycles. The van der Waals surface area contributed by atoms with E-state index in [2.05, 4.69) is 20.7 Å². The molecule has 0 atom stereocenters. The Hall–Kier alpha value is -3.03. The molecular weight excluding hydrogens is 308 g/mol. The Morgan fingerprint density at radius 1 is 1.17 bits per heavy atom.